The summed E-state index contributed by atoms with van der Waals surface area (Å²) in [6.45, 7) is 0.727. The SMILES string of the molecule is ClCc1cc(Cl)cc(Cl)c1OCC1CCCC1. The third-order valence-corrected chi connectivity index (χ3v) is 3.95. The number of alkyl halides is 1. The molecule has 0 bridgehead atoms. The number of hydrogen-bond acceptors (Lipinski definition) is 1. The van der Waals surface area contributed by atoms with Crippen LogP contribution in [0.4, 0.5) is 0 Å². The lowest BCUT2D eigenvalue weighted by atomic mass is 10.1. The van der Waals surface area contributed by atoms with Gasteiger partial charge in [-0.1, -0.05) is 36.0 Å². The van der Waals surface area contributed by atoms with Crippen LogP contribution in [-0.4, -0.2) is 6.61 Å². The Morgan fingerprint density at radius 1 is 1.18 bits per heavy atom. The molecule has 1 aromatic carbocycles. The topological polar surface area (TPSA) is 9.23 Å². The van der Waals surface area contributed by atoms with Crippen molar-refractivity contribution in [1.29, 1.82) is 0 Å². The van der Waals surface area contributed by atoms with Crippen LogP contribution < -0.4 is 4.74 Å². The number of rotatable bonds is 4. The van der Waals surface area contributed by atoms with Crippen molar-refractivity contribution in [2.45, 2.75) is 31.6 Å². The Kier molecular flexibility index (Phi) is 4.84. The zero-order valence-electron chi connectivity index (χ0n) is 9.52. The first-order valence-electron chi connectivity index (χ1n) is 5.87. The first-order chi connectivity index (χ1) is 8.20. The van der Waals surface area contributed by atoms with Crippen LogP contribution in [0.2, 0.25) is 10.0 Å². The van der Waals surface area contributed by atoms with E-state index >= 15 is 0 Å². The van der Waals surface area contributed by atoms with Crippen molar-refractivity contribution < 1.29 is 4.74 Å². The lowest BCUT2D eigenvalue weighted by molar-refractivity contribution is 0.250. The van der Waals surface area contributed by atoms with Crippen LogP contribution in [-0.2, 0) is 5.88 Å². The molecular weight excluding hydrogens is 279 g/mol. The Morgan fingerprint density at radius 2 is 1.88 bits per heavy atom. The molecule has 0 spiro atoms. The van der Waals surface area contributed by atoms with E-state index in [4.69, 9.17) is 39.5 Å². The molecule has 2 rings (SSSR count). The average Bonchev–Trinajstić information content (AvgIpc) is 2.79. The summed E-state index contributed by atoms with van der Waals surface area (Å²) in [7, 11) is 0. The molecule has 0 saturated heterocycles. The highest BCUT2D eigenvalue weighted by atomic mass is 35.5. The minimum Gasteiger partial charge on any atom is -0.491 e. The summed E-state index contributed by atoms with van der Waals surface area (Å²) in [6.07, 6.45) is 5.12. The largest absolute Gasteiger partial charge is 0.491 e. The first-order valence-corrected chi connectivity index (χ1v) is 7.16. The second-order valence-corrected chi connectivity index (χ2v) is 5.58. The number of halogens is 3. The first kappa shape index (κ1) is 13.3. The van der Waals surface area contributed by atoms with Crippen LogP contribution in [0.3, 0.4) is 0 Å². The molecule has 17 heavy (non-hydrogen) atoms. The zero-order valence-corrected chi connectivity index (χ0v) is 11.8. The molecule has 1 aliphatic carbocycles. The fraction of sp³-hybridized carbons (Fsp3) is 0.538. The Hall–Kier alpha value is -0.110. The third kappa shape index (κ3) is 3.43. The summed E-state index contributed by atoms with van der Waals surface area (Å²) in [4.78, 5) is 0. The van der Waals surface area contributed by atoms with Crippen LogP contribution in [0, 0.1) is 5.92 Å². The van der Waals surface area contributed by atoms with Crippen LogP contribution in [0.5, 0.6) is 5.75 Å². The van der Waals surface area contributed by atoms with Gasteiger partial charge in [0.05, 0.1) is 17.5 Å². The second kappa shape index (κ2) is 6.17. The highest BCUT2D eigenvalue weighted by Crippen LogP contribution is 2.34. The molecule has 94 valence electrons. The van der Waals surface area contributed by atoms with Gasteiger partial charge in [0.2, 0.25) is 0 Å². The van der Waals surface area contributed by atoms with Gasteiger partial charge in [-0.2, -0.15) is 0 Å². The Morgan fingerprint density at radius 3 is 2.53 bits per heavy atom. The maximum atomic E-state index is 6.13. The van der Waals surface area contributed by atoms with Crippen molar-refractivity contribution in [1.82, 2.24) is 0 Å². The van der Waals surface area contributed by atoms with Gasteiger partial charge in [-0.05, 0) is 30.9 Å². The molecule has 0 radical (unpaired) electrons. The normalized spacial score (nSPS) is 16.4. The van der Waals surface area contributed by atoms with E-state index in [0.717, 1.165) is 12.2 Å². The minimum atomic E-state index is 0.361. The Labute approximate surface area is 117 Å². The van der Waals surface area contributed by atoms with Crippen molar-refractivity contribution in [3.8, 4) is 5.75 Å². The molecule has 0 unspecified atom stereocenters. The highest BCUT2D eigenvalue weighted by molar-refractivity contribution is 6.35. The van der Waals surface area contributed by atoms with Gasteiger partial charge in [0.15, 0.2) is 0 Å². The van der Waals surface area contributed by atoms with E-state index in [9.17, 15) is 0 Å². The number of hydrogen-bond donors (Lipinski definition) is 0. The Bertz CT molecular complexity index is 386. The summed E-state index contributed by atoms with van der Waals surface area (Å²) < 4.78 is 5.82. The number of ether oxygens (including phenoxy) is 1. The molecule has 0 heterocycles. The van der Waals surface area contributed by atoms with E-state index in [2.05, 4.69) is 0 Å². The fourth-order valence-electron chi connectivity index (χ4n) is 2.25. The van der Waals surface area contributed by atoms with Gasteiger partial charge < -0.3 is 4.74 Å². The van der Waals surface area contributed by atoms with Crippen molar-refractivity contribution in [2.24, 2.45) is 5.92 Å². The highest BCUT2D eigenvalue weighted by Gasteiger charge is 2.17. The van der Waals surface area contributed by atoms with E-state index in [0.29, 0.717) is 27.6 Å². The maximum Gasteiger partial charge on any atom is 0.142 e. The standard InChI is InChI=1S/C13H15Cl3O/c14-7-10-5-11(15)6-12(16)13(10)17-8-9-3-1-2-4-9/h5-6,9H,1-4,7-8H2. The van der Waals surface area contributed by atoms with Crippen LogP contribution in [0.1, 0.15) is 31.2 Å². The van der Waals surface area contributed by atoms with Crippen LogP contribution in [0.15, 0.2) is 12.1 Å². The molecule has 0 atom stereocenters. The van der Waals surface area contributed by atoms with Crippen molar-refractivity contribution in [3.63, 3.8) is 0 Å². The molecule has 1 saturated carbocycles. The van der Waals surface area contributed by atoms with Gasteiger partial charge in [0.1, 0.15) is 5.75 Å². The molecule has 1 fully saturated rings. The molecule has 0 amide bonds. The van der Waals surface area contributed by atoms with E-state index in [1.165, 1.54) is 25.7 Å². The molecule has 4 heteroatoms. The van der Waals surface area contributed by atoms with E-state index < -0.39 is 0 Å². The monoisotopic (exact) mass is 292 g/mol. The van der Waals surface area contributed by atoms with Gasteiger partial charge in [0.25, 0.3) is 0 Å². The summed E-state index contributed by atoms with van der Waals surface area (Å²) in [6, 6.07) is 3.51. The molecule has 0 aromatic heterocycles. The van der Waals surface area contributed by atoms with Gasteiger partial charge >= 0.3 is 0 Å². The lowest BCUT2D eigenvalue weighted by Crippen LogP contribution is -2.09. The van der Waals surface area contributed by atoms with E-state index in [1.807, 2.05) is 6.07 Å². The molecule has 1 aliphatic rings. The van der Waals surface area contributed by atoms with Gasteiger partial charge in [-0.25, -0.2) is 0 Å². The number of benzene rings is 1. The fourth-order valence-corrected chi connectivity index (χ4v) is 3.04. The summed E-state index contributed by atoms with van der Waals surface area (Å²) in [5.74, 6) is 1.71. The second-order valence-electron chi connectivity index (χ2n) is 4.47. The molecule has 0 N–H and O–H groups in total. The average molecular weight is 294 g/mol. The predicted octanol–water partition coefficient (Wildman–Crippen LogP) is 5.30. The van der Waals surface area contributed by atoms with Crippen molar-refractivity contribution >= 4 is 34.8 Å². The van der Waals surface area contributed by atoms with Gasteiger partial charge in [-0.15, -0.1) is 11.6 Å². The lowest BCUT2D eigenvalue weighted by Gasteiger charge is -2.15. The summed E-state index contributed by atoms with van der Waals surface area (Å²) >= 11 is 17.9. The quantitative estimate of drug-likeness (QED) is 0.684. The maximum absolute atomic E-state index is 6.13. The van der Waals surface area contributed by atoms with Gasteiger partial charge in [-0.3, -0.25) is 0 Å². The molecule has 1 nitrogen and oxygen atoms in total. The van der Waals surface area contributed by atoms with Gasteiger partial charge in [0, 0.05) is 10.6 Å². The van der Waals surface area contributed by atoms with Crippen LogP contribution in [0.25, 0.3) is 0 Å². The Balaban J connectivity index is 2.08. The summed E-state index contributed by atoms with van der Waals surface area (Å²) in [5.41, 5.74) is 0.863. The van der Waals surface area contributed by atoms with Crippen molar-refractivity contribution in [2.75, 3.05) is 6.61 Å². The van der Waals surface area contributed by atoms with Crippen molar-refractivity contribution in [3.05, 3.63) is 27.7 Å². The van der Waals surface area contributed by atoms with E-state index in [1.54, 1.807) is 6.07 Å². The summed E-state index contributed by atoms with van der Waals surface area (Å²) in [5, 5.41) is 1.14. The molecule has 1 aromatic rings. The zero-order chi connectivity index (χ0) is 12.3. The molecule has 0 aliphatic heterocycles. The minimum absolute atomic E-state index is 0.361. The predicted molar refractivity (Wildman–Crippen MR) is 73.5 cm³/mol. The molecular formula is C13H15Cl3O. The smallest absolute Gasteiger partial charge is 0.142 e. The third-order valence-electron chi connectivity index (χ3n) is 3.17. The van der Waals surface area contributed by atoms with Crippen LogP contribution >= 0.6 is 34.8 Å². The van der Waals surface area contributed by atoms with E-state index in [-0.39, 0.29) is 0 Å².